The Kier molecular flexibility index (Phi) is 4.24. The number of carbonyl (C=O) groups excluding carboxylic acids is 1. The van der Waals surface area contributed by atoms with Crippen molar-refractivity contribution in [1.82, 2.24) is 0 Å². The average Bonchev–Trinajstić information content (AvgIpc) is 2.84. The predicted molar refractivity (Wildman–Crippen MR) is 71.8 cm³/mol. The van der Waals surface area contributed by atoms with Gasteiger partial charge in [-0.05, 0) is 49.4 Å². The van der Waals surface area contributed by atoms with E-state index in [1.807, 2.05) is 6.07 Å². The molecule has 0 N–H and O–H groups in total. The molecule has 1 aliphatic carbocycles. The fourth-order valence-corrected chi connectivity index (χ4v) is 3.58. The molecule has 1 aliphatic rings. The van der Waals surface area contributed by atoms with Gasteiger partial charge in [0, 0.05) is 0 Å². The first-order valence-corrected chi connectivity index (χ1v) is 8.18. The van der Waals surface area contributed by atoms with Gasteiger partial charge in [-0.2, -0.15) is 0 Å². The van der Waals surface area contributed by atoms with Crippen LogP contribution in [-0.4, -0.2) is 26.7 Å². The molecular weight excluding hydrogens is 264 g/mol. The van der Waals surface area contributed by atoms with Crippen molar-refractivity contribution in [3.05, 3.63) is 29.3 Å². The largest absolute Gasteiger partial charge is 0.466 e. The van der Waals surface area contributed by atoms with Crippen LogP contribution in [0.4, 0.5) is 0 Å². The van der Waals surface area contributed by atoms with Gasteiger partial charge in [0.2, 0.25) is 0 Å². The quantitative estimate of drug-likeness (QED) is 0.774. The first-order chi connectivity index (χ1) is 9.03. The molecule has 2 rings (SSSR count). The summed E-state index contributed by atoms with van der Waals surface area (Å²) in [4.78, 5) is 11.5. The van der Waals surface area contributed by atoms with Crippen LogP contribution in [0.25, 0.3) is 0 Å². The molecule has 0 bridgehead atoms. The zero-order valence-corrected chi connectivity index (χ0v) is 11.8. The third kappa shape index (κ3) is 3.35. The van der Waals surface area contributed by atoms with Gasteiger partial charge in [-0.1, -0.05) is 6.07 Å². The third-order valence-corrected chi connectivity index (χ3v) is 5.02. The van der Waals surface area contributed by atoms with E-state index < -0.39 is 15.8 Å². The van der Waals surface area contributed by atoms with Gasteiger partial charge in [0.05, 0.1) is 23.7 Å². The average molecular weight is 282 g/mol. The molecular formula is C14H18O4S. The number of hydrogen-bond acceptors (Lipinski definition) is 4. The summed E-state index contributed by atoms with van der Waals surface area (Å²) < 4.78 is 29.0. The van der Waals surface area contributed by atoms with Crippen LogP contribution in [0.3, 0.4) is 0 Å². The smallest absolute Gasteiger partial charge is 0.306 e. The molecule has 0 amide bonds. The minimum absolute atomic E-state index is 0.0900. The van der Waals surface area contributed by atoms with E-state index in [0.29, 0.717) is 4.90 Å². The molecule has 0 saturated heterocycles. The summed E-state index contributed by atoms with van der Waals surface area (Å²) in [6.07, 6.45) is 2.96. The van der Waals surface area contributed by atoms with E-state index in [1.54, 1.807) is 19.1 Å². The van der Waals surface area contributed by atoms with Gasteiger partial charge in [0.25, 0.3) is 0 Å². The number of rotatable bonds is 5. The molecule has 0 fully saturated rings. The van der Waals surface area contributed by atoms with Crippen LogP contribution < -0.4 is 0 Å². The number of hydrogen-bond donors (Lipinski definition) is 0. The summed E-state index contributed by atoms with van der Waals surface area (Å²) >= 11 is 0. The van der Waals surface area contributed by atoms with Crippen molar-refractivity contribution in [1.29, 1.82) is 0 Å². The second-order valence-corrected chi connectivity index (χ2v) is 6.77. The van der Waals surface area contributed by atoms with Crippen LogP contribution in [0.15, 0.2) is 23.1 Å². The van der Waals surface area contributed by atoms with Crippen LogP contribution in [0.1, 0.15) is 30.9 Å². The molecule has 0 radical (unpaired) electrons. The molecule has 0 atom stereocenters. The van der Waals surface area contributed by atoms with Crippen molar-refractivity contribution in [3.63, 3.8) is 0 Å². The molecule has 0 heterocycles. The Morgan fingerprint density at radius 1 is 1.26 bits per heavy atom. The van der Waals surface area contributed by atoms with Gasteiger partial charge in [-0.15, -0.1) is 0 Å². The van der Waals surface area contributed by atoms with E-state index in [-0.39, 0.29) is 18.8 Å². The molecule has 0 saturated carbocycles. The van der Waals surface area contributed by atoms with Gasteiger partial charge in [0.15, 0.2) is 9.84 Å². The van der Waals surface area contributed by atoms with E-state index in [0.717, 1.165) is 24.8 Å². The molecule has 104 valence electrons. The monoisotopic (exact) mass is 282 g/mol. The lowest BCUT2D eigenvalue weighted by molar-refractivity contribution is -0.142. The summed E-state index contributed by atoms with van der Waals surface area (Å²) in [5.74, 6) is -0.655. The van der Waals surface area contributed by atoms with Crippen LogP contribution in [-0.2, 0) is 32.2 Å². The standard InChI is InChI=1S/C14H18O4S/c1-2-18-14(15)8-9-19(16,17)13-7-6-11-4-3-5-12(11)10-13/h6-7,10H,2-5,8-9H2,1H3. The third-order valence-electron chi connectivity index (χ3n) is 3.31. The number of ether oxygens (including phenoxy) is 1. The highest BCUT2D eigenvalue weighted by atomic mass is 32.2. The number of benzene rings is 1. The van der Waals surface area contributed by atoms with E-state index in [1.165, 1.54) is 5.56 Å². The number of carbonyl (C=O) groups is 1. The molecule has 1 aromatic carbocycles. The van der Waals surface area contributed by atoms with Crippen molar-refractivity contribution >= 4 is 15.8 Å². The lowest BCUT2D eigenvalue weighted by atomic mass is 10.1. The Bertz CT molecular complexity index is 575. The Morgan fingerprint density at radius 2 is 2.00 bits per heavy atom. The fraction of sp³-hybridized carbons (Fsp3) is 0.500. The van der Waals surface area contributed by atoms with Crippen molar-refractivity contribution < 1.29 is 17.9 Å². The summed E-state index contributed by atoms with van der Waals surface area (Å²) in [6, 6.07) is 5.28. The van der Waals surface area contributed by atoms with Gasteiger partial charge in [-0.25, -0.2) is 8.42 Å². The number of esters is 1. The van der Waals surface area contributed by atoms with Crippen molar-refractivity contribution in [2.45, 2.75) is 37.5 Å². The Labute approximate surface area is 113 Å². The highest BCUT2D eigenvalue weighted by molar-refractivity contribution is 7.91. The maximum atomic E-state index is 12.1. The molecule has 4 nitrogen and oxygen atoms in total. The zero-order valence-electron chi connectivity index (χ0n) is 11.0. The second kappa shape index (κ2) is 5.74. The first kappa shape index (κ1) is 14.1. The van der Waals surface area contributed by atoms with Gasteiger partial charge in [-0.3, -0.25) is 4.79 Å². The predicted octanol–water partition coefficient (Wildman–Crippen LogP) is 1.90. The molecule has 0 spiro atoms. The highest BCUT2D eigenvalue weighted by Crippen LogP contribution is 2.25. The molecule has 0 aromatic heterocycles. The van der Waals surface area contributed by atoms with E-state index >= 15 is 0 Å². The van der Waals surface area contributed by atoms with Gasteiger partial charge >= 0.3 is 5.97 Å². The van der Waals surface area contributed by atoms with Gasteiger partial charge in [0.1, 0.15) is 0 Å². The minimum Gasteiger partial charge on any atom is -0.466 e. The van der Waals surface area contributed by atoms with Crippen molar-refractivity contribution in [3.8, 4) is 0 Å². The summed E-state index contributed by atoms with van der Waals surface area (Å²) in [6.45, 7) is 1.98. The lowest BCUT2D eigenvalue weighted by Gasteiger charge is -2.07. The van der Waals surface area contributed by atoms with Crippen LogP contribution in [0, 0.1) is 0 Å². The number of aryl methyl sites for hydroxylation is 2. The van der Waals surface area contributed by atoms with Crippen molar-refractivity contribution in [2.24, 2.45) is 0 Å². The second-order valence-electron chi connectivity index (χ2n) is 4.66. The van der Waals surface area contributed by atoms with Crippen LogP contribution >= 0.6 is 0 Å². The molecule has 5 heteroatoms. The van der Waals surface area contributed by atoms with Crippen molar-refractivity contribution in [2.75, 3.05) is 12.4 Å². The Hall–Kier alpha value is -1.36. The lowest BCUT2D eigenvalue weighted by Crippen LogP contribution is -2.13. The summed E-state index contributed by atoms with van der Waals surface area (Å²) in [7, 11) is -3.40. The maximum absolute atomic E-state index is 12.1. The normalized spacial score (nSPS) is 14.2. The molecule has 1 aromatic rings. The minimum atomic E-state index is -3.40. The Morgan fingerprint density at radius 3 is 2.74 bits per heavy atom. The van der Waals surface area contributed by atoms with Gasteiger partial charge < -0.3 is 4.74 Å². The maximum Gasteiger partial charge on any atom is 0.306 e. The Balaban J connectivity index is 2.09. The first-order valence-electron chi connectivity index (χ1n) is 6.53. The van der Waals surface area contributed by atoms with Crippen LogP contribution in [0.2, 0.25) is 0 Å². The SMILES string of the molecule is CCOC(=O)CCS(=O)(=O)c1ccc2c(c1)CCC2. The molecule has 0 unspecified atom stereocenters. The molecule has 19 heavy (non-hydrogen) atoms. The fourth-order valence-electron chi connectivity index (χ4n) is 2.31. The van der Waals surface area contributed by atoms with E-state index in [4.69, 9.17) is 4.74 Å². The zero-order chi connectivity index (χ0) is 13.9. The number of sulfone groups is 1. The van der Waals surface area contributed by atoms with E-state index in [2.05, 4.69) is 0 Å². The summed E-state index contributed by atoms with van der Waals surface area (Å²) in [5, 5.41) is 0. The summed E-state index contributed by atoms with van der Waals surface area (Å²) in [5.41, 5.74) is 2.36. The van der Waals surface area contributed by atoms with Crippen LogP contribution in [0.5, 0.6) is 0 Å². The number of fused-ring (bicyclic) bond motifs is 1. The topological polar surface area (TPSA) is 60.4 Å². The van der Waals surface area contributed by atoms with E-state index in [9.17, 15) is 13.2 Å². The highest BCUT2D eigenvalue weighted by Gasteiger charge is 2.20. The molecule has 0 aliphatic heterocycles.